The molecule has 0 unspecified atom stereocenters. The highest BCUT2D eigenvalue weighted by Gasteiger charge is 2.31. The van der Waals surface area contributed by atoms with Crippen LogP contribution < -0.4 is 20.6 Å². The lowest BCUT2D eigenvalue weighted by molar-refractivity contribution is 0.0747. The fourth-order valence-corrected chi connectivity index (χ4v) is 3.95. The van der Waals surface area contributed by atoms with Crippen LogP contribution in [0, 0.1) is 13.8 Å². The summed E-state index contributed by atoms with van der Waals surface area (Å²) >= 11 is 0. The molecule has 9 heteroatoms. The fourth-order valence-electron chi connectivity index (χ4n) is 3.95. The van der Waals surface area contributed by atoms with Gasteiger partial charge in [0.25, 0.3) is 17.0 Å². The first-order valence-corrected chi connectivity index (χ1v) is 9.82. The van der Waals surface area contributed by atoms with Gasteiger partial charge in [0.15, 0.2) is 11.5 Å². The number of nitrogens with zero attached hydrogens (tertiary/aromatic N) is 4. The average Bonchev–Trinajstić information content (AvgIpc) is 3.38. The molecular weight excluding hydrogens is 400 g/mol. The summed E-state index contributed by atoms with van der Waals surface area (Å²) in [5.74, 6) is 1.32. The number of benzene rings is 1. The molecule has 1 aromatic carbocycles. The number of amides is 1. The zero-order valence-corrected chi connectivity index (χ0v) is 17.3. The Hall–Kier alpha value is -3.88. The normalized spacial score (nSPS) is 14.1. The van der Waals surface area contributed by atoms with Gasteiger partial charge in [-0.3, -0.25) is 23.5 Å². The molecule has 0 fully saturated rings. The van der Waals surface area contributed by atoms with Crippen LogP contribution in [0.15, 0.2) is 40.1 Å². The first-order chi connectivity index (χ1) is 14.8. The van der Waals surface area contributed by atoms with Gasteiger partial charge in [-0.05, 0) is 37.6 Å². The van der Waals surface area contributed by atoms with Crippen molar-refractivity contribution >= 4 is 5.91 Å². The second-order valence-corrected chi connectivity index (χ2v) is 7.70. The molecule has 0 saturated carbocycles. The summed E-state index contributed by atoms with van der Waals surface area (Å²) in [4.78, 5) is 45.1. The molecule has 0 radical (unpaired) electrons. The van der Waals surface area contributed by atoms with E-state index in [1.54, 1.807) is 51.4 Å². The van der Waals surface area contributed by atoms with Gasteiger partial charge in [-0.1, -0.05) is 0 Å². The number of carbonyl (C=O) groups is 1. The molecule has 2 aliphatic heterocycles. The lowest BCUT2D eigenvalue weighted by Crippen LogP contribution is -2.34. The minimum atomic E-state index is -0.433. The molecule has 1 amide bonds. The first kappa shape index (κ1) is 19.1. The van der Waals surface area contributed by atoms with E-state index in [4.69, 9.17) is 9.47 Å². The van der Waals surface area contributed by atoms with Crippen LogP contribution in [0.2, 0.25) is 0 Å². The number of carbonyl (C=O) groups excluding carboxylic acids is 1. The number of hydrogen-bond donors (Lipinski definition) is 0. The van der Waals surface area contributed by atoms with Gasteiger partial charge >= 0.3 is 0 Å². The fraction of sp³-hybridized carbons (Fsp3) is 0.273. The van der Waals surface area contributed by atoms with Gasteiger partial charge in [-0.2, -0.15) is 0 Å². The third-order valence-electron chi connectivity index (χ3n) is 5.82. The van der Waals surface area contributed by atoms with E-state index < -0.39 is 11.5 Å². The maximum absolute atomic E-state index is 13.3. The summed E-state index contributed by atoms with van der Waals surface area (Å²) in [5, 5.41) is 0. The molecule has 0 bridgehead atoms. The highest BCUT2D eigenvalue weighted by molar-refractivity contribution is 5.95. The standard InChI is InChI=1S/C22H20N4O5/c1-12-6-7-26(14-4-5-17-18(8-14)31-11-30-17)22(29)19(12)21(28)25-9-15-16(10-25)23-13(2)24(3)20(15)27/h4-8H,9-11H2,1-3H3. The molecule has 31 heavy (non-hydrogen) atoms. The van der Waals surface area contributed by atoms with Crippen molar-refractivity contribution in [3.05, 3.63) is 79.4 Å². The van der Waals surface area contributed by atoms with E-state index >= 15 is 0 Å². The second-order valence-electron chi connectivity index (χ2n) is 7.70. The highest BCUT2D eigenvalue weighted by atomic mass is 16.7. The Bertz CT molecular complexity index is 1370. The van der Waals surface area contributed by atoms with Crippen LogP contribution in [0.25, 0.3) is 5.69 Å². The molecule has 0 aliphatic carbocycles. The van der Waals surface area contributed by atoms with Gasteiger partial charge < -0.3 is 14.4 Å². The Morgan fingerprint density at radius 3 is 2.61 bits per heavy atom. The van der Waals surface area contributed by atoms with Crippen molar-refractivity contribution in [3.63, 3.8) is 0 Å². The van der Waals surface area contributed by atoms with Crippen LogP contribution in [0.4, 0.5) is 0 Å². The SMILES string of the molecule is Cc1ccn(-c2ccc3c(c2)OCO3)c(=O)c1C(=O)N1Cc2nc(C)n(C)c(=O)c2C1. The van der Waals surface area contributed by atoms with E-state index in [2.05, 4.69) is 4.98 Å². The molecule has 2 aliphatic rings. The van der Waals surface area contributed by atoms with Gasteiger partial charge in [-0.25, -0.2) is 4.98 Å². The number of fused-ring (bicyclic) bond motifs is 2. The Kier molecular flexibility index (Phi) is 4.21. The summed E-state index contributed by atoms with van der Waals surface area (Å²) in [6.07, 6.45) is 1.63. The summed E-state index contributed by atoms with van der Waals surface area (Å²) < 4.78 is 13.6. The molecule has 0 saturated heterocycles. The van der Waals surface area contributed by atoms with Crippen molar-refractivity contribution in [1.82, 2.24) is 19.0 Å². The van der Waals surface area contributed by atoms with Crippen LogP contribution in [0.3, 0.4) is 0 Å². The lowest BCUT2D eigenvalue weighted by atomic mass is 10.1. The molecule has 0 N–H and O–H groups in total. The third kappa shape index (κ3) is 2.92. The Balaban J connectivity index is 1.53. The summed E-state index contributed by atoms with van der Waals surface area (Å²) in [5.41, 5.74) is 1.68. The topological polar surface area (TPSA) is 95.7 Å². The molecule has 5 rings (SSSR count). The van der Waals surface area contributed by atoms with Crippen molar-refractivity contribution in [2.75, 3.05) is 6.79 Å². The predicted octanol–water partition coefficient (Wildman–Crippen LogP) is 1.43. The van der Waals surface area contributed by atoms with Gasteiger partial charge in [0.2, 0.25) is 6.79 Å². The number of ether oxygens (including phenoxy) is 2. The Morgan fingerprint density at radius 2 is 1.81 bits per heavy atom. The zero-order chi connectivity index (χ0) is 21.9. The quantitative estimate of drug-likeness (QED) is 0.623. The monoisotopic (exact) mass is 420 g/mol. The lowest BCUT2D eigenvalue weighted by Gasteiger charge is -2.17. The summed E-state index contributed by atoms with van der Waals surface area (Å²) in [6.45, 7) is 3.93. The van der Waals surface area contributed by atoms with Crippen LogP contribution in [-0.4, -0.2) is 31.7 Å². The largest absolute Gasteiger partial charge is 0.454 e. The number of pyridine rings is 1. The van der Waals surface area contributed by atoms with E-state index in [-0.39, 0.29) is 31.0 Å². The molecule has 2 aromatic heterocycles. The summed E-state index contributed by atoms with van der Waals surface area (Å²) in [6, 6.07) is 6.90. The van der Waals surface area contributed by atoms with E-state index in [1.807, 2.05) is 0 Å². The van der Waals surface area contributed by atoms with Crippen molar-refractivity contribution < 1.29 is 14.3 Å². The minimum absolute atomic E-state index is 0.0709. The third-order valence-corrected chi connectivity index (χ3v) is 5.82. The van der Waals surface area contributed by atoms with Gasteiger partial charge in [0.05, 0.1) is 30.0 Å². The minimum Gasteiger partial charge on any atom is -0.454 e. The molecule has 158 valence electrons. The van der Waals surface area contributed by atoms with Crippen LogP contribution >= 0.6 is 0 Å². The smallest absolute Gasteiger partial charge is 0.268 e. The van der Waals surface area contributed by atoms with Gasteiger partial charge in [0.1, 0.15) is 11.4 Å². The van der Waals surface area contributed by atoms with E-state index in [0.29, 0.717) is 39.8 Å². The van der Waals surface area contributed by atoms with Gasteiger partial charge in [0, 0.05) is 19.3 Å². The average molecular weight is 420 g/mol. The van der Waals surface area contributed by atoms with Crippen molar-refractivity contribution in [1.29, 1.82) is 0 Å². The Morgan fingerprint density at radius 1 is 1.03 bits per heavy atom. The Labute approximate surface area is 177 Å². The molecule has 0 atom stereocenters. The molecule has 0 spiro atoms. The van der Waals surface area contributed by atoms with Crippen LogP contribution in [0.1, 0.15) is 33.0 Å². The van der Waals surface area contributed by atoms with Crippen molar-refractivity contribution in [2.45, 2.75) is 26.9 Å². The van der Waals surface area contributed by atoms with Crippen LogP contribution in [-0.2, 0) is 20.1 Å². The van der Waals surface area contributed by atoms with E-state index in [0.717, 1.165) is 0 Å². The molecular formula is C22H20N4O5. The number of rotatable bonds is 2. The van der Waals surface area contributed by atoms with Gasteiger partial charge in [-0.15, -0.1) is 0 Å². The predicted molar refractivity (Wildman–Crippen MR) is 111 cm³/mol. The second kappa shape index (κ2) is 6.83. The zero-order valence-electron chi connectivity index (χ0n) is 17.3. The van der Waals surface area contributed by atoms with Crippen molar-refractivity contribution in [2.24, 2.45) is 7.05 Å². The number of hydrogen-bond acceptors (Lipinski definition) is 6. The molecule has 4 heterocycles. The highest BCUT2D eigenvalue weighted by Crippen LogP contribution is 2.33. The van der Waals surface area contributed by atoms with E-state index in [9.17, 15) is 14.4 Å². The number of aromatic nitrogens is 3. The maximum Gasteiger partial charge on any atom is 0.268 e. The molecule has 3 aromatic rings. The summed E-state index contributed by atoms with van der Waals surface area (Å²) in [7, 11) is 1.65. The first-order valence-electron chi connectivity index (χ1n) is 9.82. The van der Waals surface area contributed by atoms with Crippen LogP contribution in [0.5, 0.6) is 11.5 Å². The number of aryl methyl sites for hydroxylation is 2. The van der Waals surface area contributed by atoms with Crippen molar-refractivity contribution in [3.8, 4) is 17.2 Å². The maximum atomic E-state index is 13.3. The molecule has 9 nitrogen and oxygen atoms in total. The van der Waals surface area contributed by atoms with E-state index in [1.165, 1.54) is 14.0 Å².